The van der Waals surface area contributed by atoms with Crippen molar-refractivity contribution in [2.75, 3.05) is 5.88 Å². The Labute approximate surface area is 112 Å². The standard InChI is InChI=1S/C12H11BrClNO2/c13-7-1-2-11-9(5-7)10(6-15-11)8(3-4-14)12(16)17/h1-2,5-6,8,15H,3-4H2,(H,16,17). The highest BCUT2D eigenvalue weighted by Crippen LogP contribution is 2.30. The van der Waals surface area contributed by atoms with E-state index in [9.17, 15) is 9.90 Å². The lowest BCUT2D eigenvalue weighted by molar-refractivity contribution is -0.138. The summed E-state index contributed by atoms with van der Waals surface area (Å²) >= 11 is 9.05. The number of hydrogen-bond donors (Lipinski definition) is 2. The molecule has 0 bridgehead atoms. The van der Waals surface area contributed by atoms with Gasteiger partial charge < -0.3 is 10.1 Å². The molecule has 1 aromatic carbocycles. The van der Waals surface area contributed by atoms with Crippen LogP contribution in [0.25, 0.3) is 10.9 Å². The van der Waals surface area contributed by atoms with Crippen molar-refractivity contribution in [3.63, 3.8) is 0 Å². The van der Waals surface area contributed by atoms with E-state index in [1.165, 1.54) is 0 Å². The number of halogens is 2. The molecule has 0 aliphatic heterocycles. The van der Waals surface area contributed by atoms with Gasteiger partial charge in [-0.15, -0.1) is 11.6 Å². The Balaban J connectivity index is 2.53. The Kier molecular flexibility index (Phi) is 3.74. The molecule has 1 aromatic heterocycles. The van der Waals surface area contributed by atoms with Crippen molar-refractivity contribution in [3.8, 4) is 0 Å². The summed E-state index contributed by atoms with van der Waals surface area (Å²) in [6.07, 6.45) is 2.18. The smallest absolute Gasteiger partial charge is 0.311 e. The van der Waals surface area contributed by atoms with Crippen LogP contribution in [0.2, 0.25) is 0 Å². The van der Waals surface area contributed by atoms with E-state index in [1.807, 2.05) is 18.2 Å². The number of nitrogens with one attached hydrogen (secondary N) is 1. The fourth-order valence-electron chi connectivity index (χ4n) is 1.92. The van der Waals surface area contributed by atoms with Crippen LogP contribution < -0.4 is 0 Å². The van der Waals surface area contributed by atoms with E-state index in [0.717, 1.165) is 20.9 Å². The predicted octanol–water partition coefficient (Wildman–Crippen LogP) is 3.73. The van der Waals surface area contributed by atoms with Crippen LogP contribution in [0, 0.1) is 0 Å². The Morgan fingerprint density at radius 1 is 1.53 bits per heavy atom. The summed E-state index contributed by atoms with van der Waals surface area (Å²) in [5.41, 5.74) is 1.72. The third kappa shape index (κ3) is 2.48. The van der Waals surface area contributed by atoms with Crippen LogP contribution in [-0.2, 0) is 4.79 Å². The number of carboxylic acid groups (broad SMARTS) is 1. The number of aliphatic carboxylic acids is 1. The van der Waals surface area contributed by atoms with Crippen LogP contribution in [-0.4, -0.2) is 21.9 Å². The minimum absolute atomic E-state index is 0.331. The van der Waals surface area contributed by atoms with Crippen molar-refractivity contribution < 1.29 is 9.90 Å². The van der Waals surface area contributed by atoms with Gasteiger partial charge in [-0.1, -0.05) is 15.9 Å². The molecule has 0 spiro atoms. The molecule has 0 amide bonds. The number of fused-ring (bicyclic) bond motifs is 1. The predicted molar refractivity (Wildman–Crippen MR) is 71.7 cm³/mol. The molecule has 0 aliphatic carbocycles. The van der Waals surface area contributed by atoms with Gasteiger partial charge >= 0.3 is 5.97 Å². The molecular formula is C12H11BrClNO2. The zero-order valence-corrected chi connectivity index (χ0v) is 11.3. The molecule has 0 radical (unpaired) electrons. The second-order valence-electron chi connectivity index (χ2n) is 3.80. The molecule has 2 rings (SSSR count). The van der Waals surface area contributed by atoms with Gasteiger partial charge in [0, 0.05) is 27.5 Å². The topological polar surface area (TPSA) is 53.1 Å². The van der Waals surface area contributed by atoms with Crippen LogP contribution >= 0.6 is 27.5 Å². The van der Waals surface area contributed by atoms with Gasteiger partial charge in [0.2, 0.25) is 0 Å². The van der Waals surface area contributed by atoms with Gasteiger partial charge in [0.05, 0.1) is 5.92 Å². The van der Waals surface area contributed by atoms with Crippen LogP contribution in [0.5, 0.6) is 0 Å². The second-order valence-corrected chi connectivity index (χ2v) is 5.10. The first-order chi connectivity index (χ1) is 8.13. The van der Waals surface area contributed by atoms with Crippen molar-refractivity contribution in [1.82, 2.24) is 4.98 Å². The van der Waals surface area contributed by atoms with Crippen molar-refractivity contribution in [2.45, 2.75) is 12.3 Å². The summed E-state index contributed by atoms with van der Waals surface area (Å²) in [6.45, 7) is 0. The summed E-state index contributed by atoms with van der Waals surface area (Å²) < 4.78 is 0.931. The molecule has 3 nitrogen and oxygen atoms in total. The van der Waals surface area contributed by atoms with Gasteiger partial charge in [0.15, 0.2) is 0 Å². The average Bonchev–Trinajstić information content (AvgIpc) is 2.68. The molecule has 90 valence electrons. The number of benzene rings is 1. The quantitative estimate of drug-likeness (QED) is 0.845. The highest BCUT2D eigenvalue weighted by Gasteiger charge is 2.22. The molecule has 2 N–H and O–H groups in total. The van der Waals surface area contributed by atoms with Crippen molar-refractivity contribution in [3.05, 3.63) is 34.4 Å². The lowest BCUT2D eigenvalue weighted by atomic mass is 9.96. The lowest BCUT2D eigenvalue weighted by Gasteiger charge is -2.09. The van der Waals surface area contributed by atoms with E-state index in [0.29, 0.717) is 12.3 Å². The maximum Gasteiger partial charge on any atom is 0.311 e. The SMILES string of the molecule is O=C(O)C(CCCl)c1c[nH]c2ccc(Br)cc12. The first-order valence-electron chi connectivity index (χ1n) is 5.18. The fraction of sp³-hybridized carbons (Fsp3) is 0.250. The average molecular weight is 317 g/mol. The molecular weight excluding hydrogens is 305 g/mol. The van der Waals surface area contributed by atoms with E-state index >= 15 is 0 Å². The summed E-state index contributed by atoms with van der Waals surface area (Å²) in [4.78, 5) is 14.3. The first-order valence-corrected chi connectivity index (χ1v) is 6.51. The van der Waals surface area contributed by atoms with Crippen LogP contribution in [0.4, 0.5) is 0 Å². The number of aromatic amines is 1. The van der Waals surface area contributed by atoms with E-state index in [-0.39, 0.29) is 0 Å². The van der Waals surface area contributed by atoms with E-state index in [1.54, 1.807) is 6.20 Å². The van der Waals surface area contributed by atoms with Gasteiger partial charge in [-0.25, -0.2) is 0 Å². The second kappa shape index (κ2) is 5.10. The van der Waals surface area contributed by atoms with Crippen molar-refractivity contribution >= 4 is 44.4 Å². The van der Waals surface area contributed by atoms with Crippen molar-refractivity contribution in [1.29, 1.82) is 0 Å². The number of carbonyl (C=O) groups is 1. The maximum atomic E-state index is 11.2. The largest absolute Gasteiger partial charge is 0.481 e. The number of hydrogen-bond acceptors (Lipinski definition) is 1. The van der Waals surface area contributed by atoms with E-state index in [2.05, 4.69) is 20.9 Å². The molecule has 0 fully saturated rings. The van der Waals surface area contributed by atoms with Crippen LogP contribution in [0.3, 0.4) is 0 Å². The Morgan fingerprint density at radius 3 is 2.94 bits per heavy atom. The van der Waals surface area contributed by atoms with E-state index in [4.69, 9.17) is 11.6 Å². The van der Waals surface area contributed by atoms with Crippen LogP contribution in [0.1, 0.15) is 17.9 Å². The number of aromatic nitrogens is 1. The normalized spacial score (nSPS) is 12.8. The zero-order valence-electron chi connectivity index (χ0n) is 8.91. The van der Waals surface area contributed by atoms with Gasteiger partial charge in [0.1, 0.15) is 0 Å². The molecule has 2 aromatic rings. The Morgan fingerprint density at radius 2 is 2.29 bits per heavy atom. The summed E-state index contributed by atoms with van der Waals surface area (Å²) in [5, 5.41) is 10.1. The third-order valence-electron chi connectivity index (χ3n) is 2.75. The molecule has 1 heterocycles. The molecule has 5 heteroatoms. The summed E-state index contributed by atoms with van der Waals surface area (Å²) in [5.74, 6) is -1.07. The number of rotatable bonds is 4. The zero-order chi connectivity index (χ0) is 12.4. The summed E-state index contributed by atoms with van der Waals surface area (Å²) in [6, 6.07) is 5.76. The monoisotopic (exact) mass is 315 g/mol. The van der Waals surface area contributed by atoms with Crippen LogP contribution in [0.15, 0.2) is 28.9 Å². The van der Waals surface area contributed by atoms with E-state index < -0.39 is 11.9 Å². The molecule has 1 unspecified atom stereocenters. The number of carboxylic acids is 1. The lowest BCUT2D eigenvalue weighted by Crippen LogP contribution is -2.11. The Bertz CT molecular complexity index is 552. The molecule has 0 aliphatic rings. The minimum atomic E-state index is -0.841. The molecule has 0 saturated carbocycles. The highest BCUT2D eigenvalue weighted by atomic mass is 79.9. The number of H-pyrrole nitrogens is 1. The molecule has 1 atom stereocenters. The van der Waals surface area contributed by atoms with Crippen molar-refractivity contribution in [2.24, 2.45) is 0 Å². The fourth-order valence-corrected chi connectivity index (χ4v) is 2.50. The van der Waals surface area contributed by atoms with Gasteiger partial charge in [0.25, 0.3) is 0 Å². The minimum Gasteiger partial charge on any atom is -0.481 e. The highest BCUT2D eigenvalue weighted by molar-refractivity contribution is 9.10. The Hall–Kier alpha value is -1.000. The maximum absolute atomic E-state index is 11.2. The molecule has 0 saturated heterocycles. The van der Waals surface area contributed by atoms with Gasteiger partial charge in [-0.05, 0) is 30.2 Å². The van der Waals surface area contributed by atoms with Gasteiger partial charge in [-0.3, -0.25) is 4.79 Å². The van der Waals surface area contributed by atoms with Gasteiger partial charge in [-0.2, -0.15) is 0 Å². The molecule has 17 heavy (non-hydrogen) atoms. The number of alkyl halides is 1. The third-order valence-corrected chi connectivity index (χ3v) is 3.46. The first kappa shape index (κ1) is 12.5. The summed E-state index contributed by atoms with van der Waals surface area (Å²) in [7, 11) is 0.